The smallest absolute Gasteiger partial charge is 0.0544 e. The van der Waals surface area contributed by atoms with Crippen molar-refractivity contribution >= 4 is 43.6 Å². The largest absolute Gasteiger partial charge is 0.309 e. The van der Waals surface area contributed by atoms with Crippen LogP contribution in [0.5, 0.6) is 0 Å². The Kier molecular flexibility index (Phi) is 7.28. The number of fused-ring (bicyclic) bond motifs is 8. The van der Waals surface area contributed by atoms with Crippen LogP contribution < -0.4 is 0 Å². The number of hydrogen-bond acceptors (Lipinski definition) is 0. The van der Waals surface area contributed by atoms with Crippen molar-refractivity contribution in [2.45, 2.75) is 119 Å². The number of aromatic nitrogens is 2. The van der Waals surface area contributed by atoms with Gasteiger partial charge in [-0.25, -0.2) is 0 Å². The molecule has 0 bridgehead atoms. The summed E-state index contributed by atoms with van der Waals surface area (Å²) < 4.78 is 5.02. The van der Waals surface area contributed by atoms with Crippen LogP contribution in [-0.4, -0.2) is 9.13 Å². The first kappa shape index (κ1) is 37.2. The molecule has 0 amide bonds. The summed E-state index contributed by atoms with van der Waals surface area (Å²) in [7, 11) is 0. The van der Waals surface area contributed by atoms with Crippen molar-refractivity contribution in [3.8, 4) is 22.5 Å². The van der Waals surface area contributed by atoms with Gasteiger partial charge in [0.25, 0.3) is 0 Å². The predicted octanol–water partition coefficient (Wildman–Crippen LogP) is 15.4. The number of benzene rings is 6. The molecule has 6 aromatic carbocycles. The van der Waals surface area contributed by atoms with Crippen molar-refractivity contribution in [3.05, 3.63) is 143 Å². The maximum Gasteiger partial charge on any atom is 0.0544 e. The normalized spacial score (nSPS) is 19.3. The zero-order valence-electron chi connectivity index (χ0n) is 37.3. The van der Waals surface area contributed by atoms with Gasteiger partial charge in [0.05, 0.1) is 22.1 Å². The minimum atomic E-state index is 0.0362. The van der Waals surface area contributed by atoms with Crippen LogP contribution in [0.15, 0.2) is 109 Å². The molecule has 0 saturated carbocycles. The maximum atomic E-state index is 2.53. The lowest BCUT2D eigenvalue weighted by Gasteiger charge is -2.44. The standard InChI is InChI=1S/C56H60N2/c1-33-27-35(57-47-21-17-15-19-39(47)41-29-43-45(31-49(41)57)53(7,8)55(11,12)51(43,3)4)23-25-37(33)38-26-24-36(28-34(38)2)58-48-22-18-16-20-40(48)42-30-44-46(32-50(42)58)54(9,10)56(13,14)52(44,5)6/h15-32H,1-14H3. The third-order valence-corrected chi connectivity index (χ3v) is 17.8. The van der Waals surface area contributed by atoms with Gasteiger partial charge in [-0.2, -0.15) is 0 Å². The van der Waals surface area contributed by atoms with Crippen LogP contribution in [-0.2, 0) is 21.7 Å². The summed E-state index contributed by atoms with van der Waals surface area (Å²) in [4.78, 5) is 0. The molecule has 0 unspecified atom stereocenters. The molecule has 2 aliphatic carbocycles. The molecule has 10 rings (SSSR count). The van der Waals surface area contributed by atoms with Crippen LogP contribution in [0.1, 0.15) is 116 Å². The first-order valence-corrected chi connectivity index (χ1v) is 21.5. The summed E-state index contributed by atoms with van der Waals surface area (Å²) in [6.45, 7) is 33.9. The zero-order chi connectivity index (χ0) is 41.3. The lowest BCUT2D eigenvalue weighted by Crippen LogP contribution is -2.42. The molecule has 0 aliphatic heterocycles. The van der Waals surface area contributed by atoms with Gasteiger partial charge in [-0.3, -0.25) is 0 Å². The van der Waals surface area contributed by atoms with Crippen LogP contribution in [0.3, 0.4) is 0 Å². The second-order valence-electron chi connectivity index (χ2n) is 21.3. The molecule has 0 atom stereocenters. The van der Waals surface area contributed by atoms with Crippen LogP contribution in [0.2, 0.25) is 0 Å². The minimum absolute atomic E-state index is 0.0362. The molecular formula is C56H60N2. The first-order valence-electron chi connectivity index (χ1n) is 21.5. The molecule has 0 N–H and O–H groups in total. The molecule has 294 valence electrons. The van der Waals surface area contributed by atoms with E-state index in [-0.39, 0.29) is 32.5 Å². The van der Waals surface area contributed by atoms with E-state index < -0.39 is 0 Å². The van der Waals surface area contributed by atoms with E-state index in [2.05, 4.69) is 215 Å². The fraction of sp³-hybridized carbons (Fsp3) is 0.357. The van der Waals surface area contributed by atoms with E-state index in [0.717, 1.165) is 0 Å². The van der Waals surface area contributed by atoms with Gasteiger partial charge in [-0.05, 0) is 152 Å². The highest BCUT2D eigenvalue weighted by Gasteiger charge is 2.58. The molecule has 2 heterocycles. The molecule has 2 nitrogen and oxygen atoms in total. The van der Waals surface area contributed by atoms with Crippen LogP contribution >= 0.6 is 0 Å². The third kappa shape index (κ3) is 4.34. The zero-order valence-corrected chi connectivity index (χ0v) is 37.3. The average Bonchev–Trinajstić information content (AvgIpc) is 3.74. The SMILES string of the molecule is Cc1cc(-n2c3ccccc3c3cc4c(cc32)C(C)(C)C(C)(C)C4(C)C)ccc1-c1ccc(-n2c3ccccc3c3cc4c(cc32)C(C)(C)C(C)(C)C4(C)C)cc1C. The molecule has 8 aromatic rings. The Labute approximate surface area is 345 Å². The second-order valence-corrected chi connectivity index (χ2v) is 21.3. The molecule has 0 spiro atoms. The summed E-state index contributed by atoms with van der Waals surface area (Å²) in [5.74, 6) is 0. The fourth-order valence-corrected chi connectivity index (χ4v) is 11.7. The summed E-state index contributed by atoms with van der Waals surface area (Å²) in [6, 6.07) is 42.2. The van der Waals surface area contributed by atoms with E-state index >= 15 is 0 Å². The van der Waals surface area contributed by atoms with E-state index in [4.69, 9.17) is 0 Å². The minimum Gasteiger partial charge on any atom is -0.309 e. The molecule has 0 saturated heterocycles. The topological polar surface area (TPSA) is 9.86 Å². The van der Waals surface area contributed by atoms with Crippen LogP contribution in [0.25, 0.3) is 66.1 Å². The number of aryl methyl sites for hydroxylation is 2. The Morgan fingerprint density at radius 2 is 0.655 bits per heavy atom. The van der Waals surface area contributed by atoms with Crippen LogP contribution in [0.4, 0.5) is 0 Å². The van der Waals surface area contributed by atoms with Gasteiger partial charge >= 0.3 is 0 Å². The number of rotatable bonds is 3. The van der Waals surface area contributed by atoms with Crippen molar-refractivity contribution in [1.82, 2.24) is 9.13 Å². The fourth-order valence-electron chi connectivity index (χ4n) is 11.7. The molecule has 2 aromatic heterocycles. The van der Waals surface area contributed by atoms with E-state index in [1.54, 1.807) is 0 Å². The average molecular weight is 761 g/mol. The molecular weight excluding hydrogens is 701 g/mol. The van der Waals surface area contributed by atoms with E-state index in [0.29, 0.717) is 0 Å². The summed E-state index contributed by atoms with van der Waals surface area (Å²) >= 11 is 0. The Balaban J connectivity index is 1.10. The monoisotopic (exact) mass is 760 g/mol. The van der Waals surface area contributed by atoms with Crippen LogP contribution in [0, 0.1) is 24.7 Å². The van der Waals surface area contributed by atoms with Gasteiger partial charge in [0, 0.05) is 32.9 Å². The Morgan fingerprint density at radius 1 is 0.328 bits per heavy atom. The Hall–Kier alpha value is -5.08. The molecule has 2 heteroatoms. The number of para-hydroxylation sites is 2. The van der Waals surface area contributed by atoms with E-state index in [1.165, 1.54) is 99.5 Å². The van der Waals surface area contributed by atoms with Gasteiger partial charge in [0.2, 0.25) is 0 Å². The maximum absolute atomic E-state index is 2.53. The van der Waals surface area contributed by atoms with Gasteiger partial charge in [0.15, 0.2) is 0 Å². The highest BCUT2D eigenvalue weighted by atomic mass is 15.0. The first-order chi connectivity index (χ1) is 27.1. The van der Waals surface area contributed by atoms with Crippen molar-refractivity contribution in [2.75, 3.05) is 0 Å². The highest BCUT2D eigenvalue weighted by Crippen LogP contribution is 2.63. The second kappa shape index (κ2) is 11.3. The van der Waals surface area contributed by atoms with Crippen molar-refractivity contribution in [3.63, 3.8) is 0 Å². The number of nitrogens with zero attached hydrogens (tertiary/aromatic N) is 2. The van der Waals surface area contributed by atoms with E-state index in [1.807, 2.05) is 0 Å². The van der Waals surface area contributed by atoms with E-state index in [9.17, 15) is 0 Å². The lowest BCUT2D eigenvalue weighted by atomic mass is 9.59. The molecule has 2 aliphatic rings. The Morgan fingerprint density at radius 3 is 1.00 bits per heavy atom. The van der Waals surface area contributed by atoms with Gasteiger partial charge in [-0.15, -0.1) is 0 Å². The molecule has 58 heavy (non-hydrogen) atoms. The molecule has 0 radical (unpaired) electrons. The van der Waals surface area contributed by atoms with Crippen molar-refractivity contribution in [1.29, 1.82) is 0 Å². The summed E-state index contributed by atoms with van der Waals surface area (Å²) in [5, 5.41) is 5.32. The van der Waals surface area contributed by atoms with Crippen molar-refractivity contribution < 1.29 is 0 Å². The lowest BCUT2D eigenvalue weighted by molar-refractivity contribution is 0.125. The number of hydrogen-bond donors (Lipinski definition) is 0. The summed E-state index contributed by atoms with van der Waals surface area (Å²) in [5.41, 5.74) is 19.0. The highest BCUT2D eigenvalue weighted by molar-refractivity contribution is 6.11. The van der Waals surface area contributed by atoms with Crippen molar-refractivity contribution in [2.24, 2.45) is 10.8 Å². The van der Waals surface area contributed by atoms with Gasteiger partial charge in [0.1, 0.15) is 0 Å². The molecule has 0 fully saturated rings. The Bertz CT molecular complexity index is 2860. The van der Waals surface area contributed by atoms with Gasteiger partial charge in [-0.1, -0.05) is 132 Å². The third-order valence-electron chi connectivity index (χ3n) is 17.8. The summed E-state index contributed by atoms with van der Waals surface area (Å²) in [6.07, 6.45) is 0. The quantitative estimate of drug-likeness (QED) is 0.170. The predicted molar refractivity (Wildman–Crippen MR) is 250 cm³/mol. The van der Waals surface area contributed by atoms with Gasteiger partial charge < -0.3 is 9.13 Å².